The molecule has 1 N–H and O–H groups in total. The van der Waals surface area contributed by atoms with Crippen molar-refractivity contribution in [2.75, 3.05) is 30.4 Å². The van der Waals surface area contributed by atoms with Gasteiger partial charge in [-0.1, -0.05) is 38.1 Å². The summed E-state index contributed by atoms with van der Waals surface area (Å²) in [5.41, 5.74) is 3.14. The van der Waals surface area contributed by atoms with E-state index in [1.54, 1.807) is 13.3 Å². The molecule has 0 spiro atoms. The first-order valence-corrected chi connectivity index (χ1v) is 9.79. The van der Waals surface area contributed by atoms with Crippen LogP contribution in [-0.4, -0.2) is 34.6 Å². The van der Waals surface area contributed by atoms with Crippen molar-refractivity contribution >= 4 is 29.2 Å². The lowest BCUT2D eigenvalue weighted by atomic mass is 10.1. The molecule has 0 aliphatic carbocycles. The van der Waals surface area contributed by atoms with Crippen LogP contribution in [0.2, 0.25) is 0 Å². The highest BCUT2D eigenvalue weighted by atomic mass is 16.5. The van der Waals surface area contributed by atoms with Crippen molar-refractivity contribution in [1.29, 1.82) is 0 Å². The second kappa shape index (κ2) is 8.78. The zero-order valence-corrected chi connectivity index (χ0v) is 17.2. The van der Waals surface area contributed by atoms with Crippen molar-refractivity contribution in [3.63, 3.8) is 0 Å². The van der Waals surface area contributed by atoms with E-state index in [0.717, 1.165) is 43.0 Å². The van der Waals surface area contributed by atoms with E-state index in [9.17, 15) is 0 Å². The van der Waals surface area contributed by atoms with E-state index >= 15 is 0 Å². The normalized spacial score (nSPS) is 10.9. The minimum atomic E-state index is 0.641. The average molecular weight is 380 g/mol. The molecule has 0 bridgehead atoms. The lowest BCUT2D eigenvalue weighted by Crippen LogP contribution is -2.28. The van der Waals surface area contributed by atoms with Crippen molar-refractivity contribution in [2.24, 2.45) is 0 Å². The lowest BCUT2D eigenvalue weighted by molar-refractivity contribution is 0.412. The van der Waals surface area contributed by atoms with Gasteiger partial charge in [0.15, 0.2) is 11.6 Å². The molecular weight excluding hydrogens is 350 g/mol. The van der Waals surface area contributed by atoms with Crippen LogP contribution in [0.25, 0.3) is 11.9 Å². The number of hydrogen-bond acceptors (Lipinski definition) is 5. The van der Waals surface area contributed by atoms with Crippen LogP contribution in [0.5, 0.6) is 5.75 Å². The first-order valence-electron chi connectivity index (χ1n) is 9.79. The number of benzene rings is 1. The Hall–Kier alpha value is -3.02. The maximum Gasteiger partial charge on any atom is 0.237 e. The Morgan fingerprint density at radius 3 is 2.64 bits per heavy atom. The fraction of sp³-hybridized carbons (Fsp3) is 0.364. The summed E-state index contributed by atoms with van der Waals surface area (Å²) in [6.07, 6.45) is 7.64. The number of nitrogens with zero attached hydrogens (tertiary/aromatic N) is 4. The number of aryl methyl sites for hydroxylation is 1. The molecule has 0 unspecified atom stereocenters. The number of imidazole rings is 1. The van der Waals surface area contributed by atoms with Crippen molar-refractivity contribution in [2.45, 2.75) is 33.6 Å². The number of aromatic nitrogens is 3. The Labute approximate surface area is 166 Å². The summed E-state index contributed by atoms with van der Waals surface area (Å²) in [6, 6.07) is 6.20. The Morgan fingerprint density at radius 2 is 2.00 bits per heavy atom. The third kappa shape index (κ3) is 3.81. The molecule has 0 amide bonds. The van der Waals surface area contributed by atoms with E-state index < -0.39 is 0 Å². The van der Waals surface area contributed by atoms with Gasteiger partial charge in [0.2, 0.25) is 11.5 Å². The molecule has 3 aromatic rings. The predicted molar refractivity (Wildman–Crippen MR) is 117 cm³/mol. The Kier molecular flexibility index (Phi) is 6.19. The summed E-state index contributed by atoms with van der Waals surface area (Å²) in [4.78, 5) is 11.5. The average Bonchev–Trinajstić information content (AvgIpc) is 3.16. The quantitative estimate of drug-likeness (QED) is 0.563. The molecule has 28 heavy (non-hydrogen) atoms. The number of hydrogen-bond donors (Lipinski definition) is 1. The Morgan fingerprint density at radius 1 is 1.25 bits per heavy atom. The molecule has 1 aromatic carbocycles. The molecule has 0 radical (unpaired) electrons. The van der Waals surface area contributed by atoms with Crippen LogP contribution >= 0.6 is 0 Å². The third-order valence-corrected chi connectivity index (χ3v) is 4.65. The number of rotatable bonds is 9. The zero-order valence-electron chi connectivity index (χ0n) is 17.2. The molecule has 0 fully saturated rings. The molecule has 0 aliphatic rings. The first-order chi connectivity index (χ1) is 13.6. The SMILES string of the molecule is C=Cc1cc(C)ccc1Nc1nc2nccn2c(N(CCC)CCC)c1OC. The summed E-state index contributed by atoms with van der Waals surface area (Å²) >= 11 is 0. The fourth-order valence-corrected chi connectivity index (χ4v) is 3.43. The van der Waals surface area contributed by atoms with Gasteiger partial charge >= 0.3 is 0 Å². The number of anilines is 3. The van der Waals surface area contributed by atoms with Gasteiger partial charge in [0.05, 0.1) is 7.11 Å². The van der Waals surface area contributed by atoms with Crippen LogP contribution in [0.4, 0.5) is 17.3 Å². The number of fused-ring (bicyclic) bond motifs is 1. The fourth-order valence-electron chi connectivity index (χ4n) is 3.43. The van der Waals surface area contributed by atoms with Gasteiger partial charge < -0.3 is 15.0 Å². The third-order valence-electron chi connectivity index (χ3n) is 4.65. The van der Waals surface area contributed by atoms with Crippen molar-refractivity contribution in [3.8, 4) is 5.75 Å². The van der Waals surface area contributed by atoms with Gasteiger partial charge in [-0.2, -0.15) is 4.98 Å². The Balaban J connectivity index is 2.16. The molecule has 148 valence electrons. The molecule has 2 aromatic heterocycles. The topological polar surface area (TPSA) is 54.7 Å². The van der Waals surface area contributed by atoms with Gasteiger partial charge in [-0.3, -0.25) is 4.40 Å². The van der Waals surface area contributed by atoms with Gasteiger partial charge in [-0.15, -0.1) is 0 Å². The summed E-state index contributed by atoms with van der Waals surface area (Å²) in [6.45, 7) is 12.2. The summed E-state index contributed by atoms with van der Waals surface area (Å²) in [5, 5.41) is 3.44. The minimum Gasteiger partial charge on any atom is -0.490 e. The second-order valence-corrected chi connectivity index (χ2v) is 6.82. The van der Waals surface area contributed by atoms with Gasteiger partial charge in [-0.05, 0) is 37.5 Å². The van der Waals surface area contributed by atoms with Gasteiger partial charge in [0, 0.05) is 31.2 Å². The monoisotopic (exact) mass is 379 g/mol. The van der Waals surface area contributed by atoms with Crippen LogP contribution in [0.1, 0.15) is 37.8 Å². The molecule has 0 aliphatic heterocycles. The molecule has 6 nitrogen and oxygen atoms in total. The summed E-state index contributed by atoms with van der Waals surface area (Å²) in [5.74, 6) is 2.98. The predicted octanol–water partition coefficient (Wildman–Crippen LogP) is 5.06. The zero-order chi connectivity index (χ0) is 20.1. The van der Waals surface area contributed by atoms with E-state index in [0.29, 0.717) is 17.3 Å². The van der Waals surface area contributed by atoms with E-state index in [1.807, 2.05) is 22.7 Å². The summed E-state index contributed by atoms with van der Waals surface area (Å²) in [7, 11) is 1.69. The van der Waals surface area contributed by atoms with E-state index in [1.165, 1.54) is 5.56 Å². The smallest absolute Gasteiger partial charge is 0.237 e. The van der Waals surface area contributed by atoms with Crippen molar-refractivity contribution in [1.82, 2.24) is 14.4 Å². The van der Waals surface area contributed by atoms with Crippen molar-refractivity contribution < 1.29 is 4.74 Å². The number of ether oxygens (including phenoxy) is 1. The number of nitrogens with one attached hydrogen (secondary N) is 1. The molecule has 0 atom stereocenters. The highest BCUT2D eigenvalue weighted by Crippen LogP contribution is 2.37. The van der Waals surface area contributed by atoms with E-state index in [-0.39, 0.29) is 0 Å². The minimum absolute atomic E-state index is 0.641. The summed E-state index contributed by atoms with van der Waals surface area (Å²) < 4.78 is 7.85. The van der Waals surface area contributed by atoms with Crippen LogP contribution < -0.4 is 15.0 Å². The first kappa shape index (κ1) is 19.7. The maximum absolute atomic E-state index is 5.86. The Bertz CT molecular complexity index is 957. The van der Waals surface area contributed by atoms with Crippen LogP contribution in [0.15, 0.2) is 37.2 Å². The highest BCUT2D eigenvalue weighted by Gasteiger charge is 2.22. The van der Waals surface area contributed by atoms with Crippen LogP contribution in [0.3, 0.4) is 0 Å². The highest BCUT2D eigenvalue weighted by molar-refractivity contribution is 5.77. The second-order valence-electron chi connectivity index (χ2n) is 6.82. The molecular formula is C22H29N5O. The number of methoxy groups -OCH3 is 1. The largest absolute Gasteiger partial charge is 0.490 e. The molecule has 2 heterocycles. The molecule has 3 rings (SSSR count). The molecule has 6 heteroatoms. The molecule has 0 saturated carbocycles. The maximum atomic E-state index is 5.86. The van der Waals surface area contributed by atoms with E-state index in [2.05, 4.69) is 54.7 Å². The van der Waals surface area contributed by atoms with Crippen molar-refractivity contribution in [3.05, 3.63) is 48.3 Å². The van der Waals surface area contributed by atoms with E-state index in [4.69, 9.17) is 9.72 Å². The van der Waals surface area contributed by atoms with Gasteiger partial charge in [0.1, 0.15) is 0 Å². The van der Waals surface area contributed by atoms with Crippen LogP contribution in [0, 0.1) is 6.92 Å². The van der Waals surface area contributed by atoms with Gasteiger partial charge in [-0.25, -0.2) is 4.98 Å². The molecule has 0 saturated heterocycles. The standard InChI is InChI=1S/C22H29N5O/c1-6-12-26(13-7-2)21-19(28-5)20(25-22-23-11-14-27(21)22)24-18-10-9-16(4)15-17(18)8-3/h8-11,14-15H,3,6-7,12-13H2,1-2,4-5H3,(H,23,24,25). The lowest BCUT2D eigenvalue weighted by Gasteiger charge is -2.27. The van der Waals surface area contributed by atoms with Gasteiger partial charge in [0.25, 0.3) is 0 Å². The van der Waals surface area contributed by atoms with Crippen LogP contribution in [-0.2, 0) is 0 Å².